The van der Waals surface area contributed by atoms with Gasteiger partial charge in [-0.05, 0) is 24.5 Å². The van der Waals surface area contributed by atoms with Crippen molar-refractivity contribution in [1.29, 1.82) is 0 Å². The number of allylic oxidation sites excluding steroid dienone is 2. The zero-order chi connectivity index (χ0) is 17.1. The molecule has 1 aliphatic carbocycles. The van der Waals surface area contributed by atoms with Crippen molar-refractivity contribution in [2.45, 2.75) is 32.6 Å². The minimum Gasteiger partial charge on any atom is -0.456 e. The number of Topliss-reactive ketones (excluding diaryl/α,β-unsaturated/α-hetero) is 1. The normalized spacial score (nSPS) is 25.2. The molecule has 2 aliphatic heterocycles. The Kier molecular flexibility index (Phi) is 3.46. The SMILES string of the molecule is CC1(C)CCC2=C(C1=O)[C@H](c1ccccc1Br)C1=C(COC1=O)N2. The first-order valence-electron chi connectivity index (χ1n) is 8.09. The molecule has 1 atom stereocenters. The second-order valence-electron chi connectivity index (χ2n) is 7.15. The van der Waals surface area contributed by atoms with E-state index in [1.165, 1.54) is 0 Å². The van der Waals surface area contributed by atoms with Gasteiger partial charge in [-0.25, -0.2) is 4.79 Å². The molecule has 4 rings (SSSR count). The van der Waals surface area contributed by atoms with Crippen LogP contribution in [0.4, 0.5) is 0 Å². The quantitative estimate of drug-likeness (QED) is 0.748. The average molecular weight is 388 g/mol. The van der Waals surface area contributed by atoms with Crippen molar-refractivity contribution in [2.24, 2.45) is 5.41 Å². The molecular formula is C19H18BrNO3. The zero-order valence-electron chi connectivity index (χ0n) is 13.6. The number of dihydropyridines is 1. The number of carbonyl (C=O) groups is 2. The molecule has 1 N–H and O–H groups in total. The maximum atomic E-state index is 13.2. The number of hydrogen-bond acceptors (Lipinski definition) is 4. The summed E-state index contributed by atoms with van der Waals surface area (Å²) in [5, 5.41) is 3.31. The molecule has 0 fully saturated rings. The van der Waals surface area contributed by atoms with Crippen LogP contribution in [0, 0.1) is 5.41 Å². The molecule has 0 amide bonds. The molecule has 1 aromatic rings. The topological polar surface area (TPSA) is 55.4 Å². The molecule has 0 bridgehead atoms. The van der Waals surface area contributed by atoms with E-state index in [1.54, 1.807) is 0 Å². The van der Waals surface area contributed by atoms with Gasteiger partial charge in [0.25, 0.3) is 0 Å². The average Bonchev–Trinajstić information content (AvgIpc) is 2.91. The number of esters is 1. The minimum atomic E-state index is -0.416. The van der Waals surface area contributed by atoms with Crippen molar-refractivity contribution in [3.63, 3.8) is 0 Å². The molecule has 0 unspecified atom stereocenters. The van der Waals surface area contributed by atoms with Crippen molar-refractivity contribution in [2.75, 3.05) is 6.61 Å². The van der Waals surface area contributed by atoms with E-state index in [2.05, 4.69) is 21.2 Å². The fourth-order valence-corrected chi connectivity index (χ4v) is 4.29. The van der Waals surface area contributed by atoms with Crippen molar-refractivity contribution in [3.05, 3.63) is 56.8 Å². The molecule has 5 heteroatoms. The number of cyclic esters (lactones) is 1. The summed E-state index contributed by atoms with van der Waals surface area (Å²) in [5.74, 6) is -0.585. The largest absolute Gasteiger partial charge is 0.456 e. The molecule has 1 aromatic carbocycles. The van der Waals surface area contributed by atoms with E-state index in [-0.39, 0.29) is 24.3 Å². The summed E-state index contributed by atoms with van der Waals surface area (Å²) >= 11 is 3.58. The van der Waals surface area contributed by atoms with Crippen molar-refractivity contribution in [1.82, 2.24) is 5.32 Å². The summed E-state index contributed by atoms with van der Waals surface area (Å²) in [5.41, 5.74) is 3.55. The maximum Gasteiger partial charge on any atom is 0.337 e. The van der Waals surface area contributed by atoms with Gasteiger partial charge in [0.2, 0.25) is 0 Å². The molecule has 0 saturated carbocycles. The fraction of sp³-hybridized carbons (Fsp3) is 0.368. The highest BCUT2D eigenvalue weighted by atomic mass is 79.9. The standard InChI is InChI=1S/C19H18BrNO3/c1-19(2)8-7-12-15(17(19)22)14(10-5-3-4-6-11(10)20)16-13(21-12)9-24-18(16)23/h3-6,14,21H,7-9H2,1-2H3/t14-/m0/s1. The molecule has 3 aliphatic rings. The van der Waals surface area contributed by atoms with Crippen LogP contribution in [0.25, 0.3) is 0 Å². The van der Waals surface area contributed by atoms with E-state index in [0.717, 1.165) is 39.8 Å². The van der Waals surface area contributed by atoms with E-state index in [9.17, 15) is 9.59 Å². The lowest BCUT2D eigenvalue weighted by molar-refractivity contribution is -0.136. The van der Waals surface area contributed by atoms with Gasteiger partial charge in [-0.3, -0.25) is 4.79 Å². The van der Waals surface area contributed by atoms with Crippen molar-refractivity contribution >= 4 is 27.7 Å². The monoisotopic (exact) mass is 387 g/mol. The van der Waals surface area contributed by atoms with E-state index >= 15 is 0 Å². The minimum absolute atomic E-state index is 0.114. The Morgan fingerprint density at radius 2 is 1.92 bits per heavy atom. The molecule has 124 valence electrons. The van der Waals surface area contributed by atoms with Crippen molar-refractivity contribution in [3.8, 4) is 0 Å². The van der Waals surface area contributed by atoms with E-state index in [0.29, 0.717) is 5.57 Å². The Balaban J connectivity index is 1.95. The van der Waals surface area contributed by atoms with Gasteiger partial charge < -0.3 is 10.1 Å². The number of halogens is 1. The van der Waals surface area contributed by atoms with Crippen LogP contribution in [-0.4, -0.2) is 18.4 Å². The smallest absolute Gasteiger partial charge is 0.337 e. The molecule has 0 radical (unpaired) electrons. The summed E-state index contributed by atoms with van der Waals surface area (Å²) < 4.78 is 6.15. The number of hydrogen-bond donors (Lipinski definition) is 1. The van der Waals surface area contributed by atoms with Gasteiger partial charge in [0.15, 0.2) is 5.78 Å². The molecule has 0 saturated heterocycles. The second-order valence-corrected chi connectivity index (χ2v) is 8.01. The molecule has 2 heterocycles. The summed E-state index contributed by atoms with van der Waals surface area (Å²) in [6.45, 7) is 4.21. The second kappa shape index (κ2) is 5.31. The lowest BCUT2D eigenvalue weighted by Gasteiger charge is -2.38. The van der Waals surface area contributed by atoms with Gasteiger partial charge in [0.1, 0.15) is 6.61 Å². The molecule has 0 spiro atoms. The van der Waals surface area contributed by atoms with Crippen LogP contribution >= 0.6 is 15.9 Å². The highest BCUT2D eigenvalue weighted by Gasteiger charge is 2.47. The molecule has 4 nitrogen and oxygen atoms in total. The predicted octanol–water partition coefficient (Wildman–Crippen LogP) is 3.59. The number of rotatable bonds is 1. The van der Waals surface area contributed by atoms with Crippen LogP contribution in [0.2, 0.25) is 0 Å². The Labute approximate surface area is 149 Å². The van der Waals surface area contributed by atoms with Gasteiger partial charge in [-0.15, -0.1) is 0 Å². The summed E-state index contributed by atoms with van der Waals surface area (Å²) in [6, 6.07) is 7.77. The van der Waals surface area contributed by atoms with Gasteiger partial charge >= 0.3 is 5.97 Å². The van der Waals surface area contributed by atoms with Crippen LogP contribution in [0.1, 0.15) is 38.2 Å². The Morgan fingerprint density at radius 3 is 2.67 bits per heavy atom. The van der Waals surface area contributed by atoms with Gasteiger partial charge in [0, 0.05) is 27.1 Å². The highest BCUT2D eigenvalue weighted by Crippen LogP contribution is 2.49. The van der Waals surface area contributed by atoms with E-state index < -0.39 is 5.41 Å². The summed E-state index contributed by atoms with van der Waals surface area (Å²) in [4.78, 5) is 25.6. The fourth-order valence-electron chi connectivity index (χ4n) is 3.78. The summed E-state index contributed by atoms with van der Waals surface area (Å²) in [6.07, 6.45) is 1.61. The van der Waals surface area contributed by atoms with Crippen LogP contribution < -0.4 is 5.32 Å². The summed E-state index contributed by atoms with van der Waals surface area (Å²) in [7, 11) is 0. The number of carbonyl (C=O) groups excluding carboxylic acids is 2. The van der Waals surface area contributed by atoms with Gasteiger partial charge in [0.05, 0.1) is 11.3 Å². The van der Waals surface area contributed by atoms with E-state index in [4.69, 9.17) is 4.74 Å². The molecule has 24 heavy (non-hydrogen) atoms. The number of ether oxygens (including phenoxy) is 1. The third-order valence-corrected chi connectivity index (χ3v) is 5.89. The number of ketones is 1. The lowest BCUT2D eigenvalue weighted by atomic mass is 9.67. The maximum absolute atomic E-state index is 13.2. The Hall–Kier alpha value is -1.88. The van der Waals surface area contributed by atoms with Gasteiger partial charge in [-0.1, -0.05) is 48.0 Å². The first-order chi connectivity index (χ1) is 11.4. The Morgan fingerprint density at radius 1 is 1.17 bits per heavy atom. The third-order valence-electron chi connectivity index (χ3n) is 5.17. The first kappa shape index (κ1) is 15.6. The molecule has 0 aromatic heterocycles. The van der Waals surface area contributed by atoms with Crippen LogP contribution in [0.5, 0.6) is 0 Å². The predicted molar refractivity (Wildman–Crippen MR) is 93.1 cm³/mol. The van der Waals surface area contributed by atoms with Crippen molar-refractivity contribution < 1.29 is 14.3 Å². The van der Waals surface area contributed by atoms with Crippen LogP contribution in [0.3, 0.4) is 0 Å². The number of benzene rings is 1. The highest BCUT2D eigenvalue weighted by molar-refractivity contribution is 9.10. The third kappa shape index (κ3) is 2.18. The zero-order valence-corrected chi connectivity index (χ0v) is 15.2. The Bertz CT molecular complexity index is 835. The van der Waals surface area contributed by atoms with E-state index in [1.807, 2.05) is 38.1 Å². The lowest BCUT2D eigenvalue weighted by Crippen LogP contribution is -2.39. The van der Waals surface area contributed by atoms with Gasteiger partial charge in [-0.2, -0.15) is 0 Å². The van der Waals surface area contributed by atoms with Crippen LogP contribution in [-0.2, 0) is 14.3 Å². The van der Waals surface area contributed by atoms with Crippen LogP contribution in [0.15, 0.2) is 51.3 Å². The first-order valence-corrected chi connectivity index (χ1v) is 8.89. The molecular weight excluding hydrogens is 370 g/mol. The number of nitrogens with one attached hydrogen (secondary N) is 1.